The topological polar surface area (TPSA) is 69.6 Å². The molecule has 0 aliphatic rings. The summed E-state index contributed by atoms with van der Waals surface area (Å²) in [6, 6.07) is 7.53. The lowest BCUT2D eigenvalue weighted by molar-refractivity contribution is 0.102. The van der Waals surface area contributed by atoms with Crippen molar-refractivity contribution in [3.05, 3.63) is 51.5 Å². The molecule has 0 radical (unpaired) electrons. The highest BCUT2D eigenvalue weighted by atomic mass is 35.5. The number of phenols is 2. The number of aromatic hydroxyl groups is 2. The summed E-state index contributed by atoms with van der Waals surface area (Å²) >= 11 is 11.6. The number of hydrogen-bond acceptors (Lipinski definition) is 3. The van der Waals surface area contributed by atoms with Crippen LogP contribution < -0.4 is 5.32 Å². The van der Waals surface area contributed by atoms with Crippen molar-refractivity contribution in [2.75, 3.05) is 5.32 Å². The zero-order chi connectivity index (χ0) is 14.9. The van der Waals surface area contributed by atoms with E-state index in [4.69, 9.17) is 23.2 Å². The molecule has 0 aromatic heterocycles. The van der Waals surface area contributed by atoms with E-state index in [2.05, 4.69) is 5.32 Å². The van der Waals surface area contributed by atoms with Crippen LogP contribution in [-0.2, 0) is 0 Å². The normalized spacial score (nSPS) is 10.3. The Morgan fingerprint density at radius 3 is 2.55 bits per heavy atom. The van der Waals surface area contributed by atoms with E-state index in [1.807, 2.05) is 0 Å². The standard InChI is InChI=1S/C14H11Cl2NO3/c1-7-3-2-4-9(12(7)18)14(20)17-11-6-8(15)5-10(16)13(11)19/h2-6,18-19H,1H3,(H,17,20). The lowest BCUT2D eigenvalue weighted by atomic mass is 10.1. The first-order valence-electron chi connectivity index (χ1n) is 5.68. The van der Waals surface area contributed by atoms with Crippen molar-refractivity contribution in [2.24, 2.45) is 0 Å². The number of rotatable bonds is 2. The van der Waals surface area contributed by atoms with Crippen LogP contribution in [0.25, 0.3) is 0 Å². The first kappa shape index (κ1) is 14.5. The molecule has 0 saturated heterocycles. The van der Waals surface area contributed by atoms with Crippen molar-refractivity contribution in [2.45, 2.75) is 6.92 Å². The van der Waals surface area contributed by atoms with Gasteiger partial charge in [-0.2, -0.15) is 0 Å². The van der Waals surface area contributed by atoms with Crippen LogP contribution in [0.2, 0.25) is 10.0 Å². The monoisotopic (exact) mass is 311 g/mol. The predicted molar refractivity (Wildman–Crippen MR) is 78.9 cm³/mol. The summed E-state index contributed by atoms with van der Waals surface area (Å²) in [7, 11) is 0. The molecule has 2 aromatic carbocycles. The number of para-hydroxylation sites is 1. The largest absolute Gasteiger partial charge is 0.507 e. The summed E-state index contributed by atoms with van der Waals surface area (Å²) in [5, 5.41) is 22.4. The van der Waals surface area contributed by atoms with E-state index in [1.54, 1.807) is 19.1 Å². The molecule has 0 bridgehead atoms. The van der Waals surface area contributed by atoms with Gasteiger partial charge in [-0.1, -0.05) is 35.3 Å². The zero-order valence-corrected chi connectivity index (χ0v) is 12.0. The van der Waals surface area contributed by atoms with E-state index in [0.717, 1.165) is 0 Å². The number of carbonyl (C=O) groups is 1. The molecule has 4 nitrogen and oxygen atoms in total. The minimum Gasteiger partial charge on any atom is -0.507 e. The van der Waals surface area contributed by atoms with Crippen molar-refractivity contribution in [3.63, 3.8) is 0 Å². The molecule has 0 aliphatic carbocycles. The lowest BCUT2D eigenvalue weighted by Gasteiger charge is -2.11. The van der Waals surface area contributed by atoms with Gasteiger partial charge in [0.15, 0.2) is 5.75 Å². The van der Waals surface area contributed by atoms with Gasteiger partial charge in [-0.15, -0.1) is 0 Å². The summed E-state index contributed by atoms with van der Waals surface area (Å²) in [5.41, 5.74) is 0.750. The van der Waals surface area contributed by atoms with Crippen LogP contribution in [0.4, 0.5) is 5.69 Å². The number of anilines is 1. The van der Waals surface area contributed by atoms with Gasteiger partial charge < -0.3 is 15.5 Å². The summed E-state index contributed by atoms with van der Waals surface area (Å²) in [4.78, 5) is 12.1. The second kappa shape index (κ2) is 5.61. The van der Waals surface area contributed by atoms with Crippen LogP contribution in [-0.4, -0.2) is 16.1 Å². The fraction of sp³-hybridized carbons (Fsp3) is 0.0714. The van der Waals surface area contributed by atoms with Gasteiger partial charge in [0.1, 0.15) is 5.75 Å². The highest BCUT2D eigenvalue weighted by molar-refractivity contribution is 6.36. The molecular weight excluding hydrogens is 301 g/mol. The first-order valence-corrected chi connectivity index (χ1v) is 6.43. The van der Waals surface area contributed by atoms with Crippen LogP contribution in [0.1, 0.15) is 15.9 Å². The highest BCUT2D eigenvalue weighted by Crippen LogP contribution is 2.35. The number of amides is 1. The second-order valence-electron chi connectivity index (χ2n) is 4.21. The Bertz CT molecular complexity index is 686. The maximum absolute atomic E-state index is 12.1. The Morgan fingerprint density at radius 2 is 1.85 bits per heavy atom. The number of carbonyl (C=O) groups excluding carboxylic acids is 1. The molecule has 0 unspecified atom stereocenters. The van der Waals surface area contributed by atoms with E-state index in [1.165, 1.54) is 18.2 Å². The van der Waals surface area contributed by atoms with Gasteiger partial charge >= 0.3 is 0 Å². The molecule has 3 N–H and O–H groups in total. The number of benzene rings is 2. The number of aryl methyl sites for hydroxylation is 1. The highest BCUT2D eigenvalue weighted by Gasteiger charge is 2.16. The third-order valence-corrected chi connectivity index (χ3v) is 3.27. The van der Waals surface area contributed by atoms with Crippen LogP contribution in [0.3, 0.4) is 0 Å². The van der Waals surface area contributed by atoms with E-state index >= 15 is 0 Å². The van der Waals surface area contributed by atoms with Crippen molar-refractivity contribution < 1.29 is 15.0 Å². The summed E-state index contributed by atoms with van der Waals surface area (Å²) < 4.78 is 0. The number of halogens is 2. The van der Waals surface area contributed by atoms with Gasteiger partial charge in [0.25, 0.3) is 5.91 Å². The molecule has 6 heteroatoms. The Morgan fingerprint density at radius 1 is 1.15 bits per heavy atom. The summed E-state index contributed by atoms with van der Waals surface area (Å²) in [6.07, 6.45) is 0. The Hall–Kier alpha value is -1.91. The molecule has 0 atom stereocenters. The van der Waals surface area contributed by atoms with Crippen molar-refractivity contribution in [1.82, 2.24) is 0 Å². The molecule has 0 aliphatic heterocycles. The van der Waals surface area contributed by atoms with Gasteiger partial charge in [0.2, 0.25) is 0 Å². The van der Waals surface area contributed by atoms with Crippen molar-refractivity contribution in [1.29, 1.82) is 0 Å². The van der Waals surface area contributed by atoms with Crippen LogP contribution in [0, 0.1) is 6.92 Å². The van der Waals surface area contributed by atoms with E-state index < -0.39 is 5.91 Å². The molecule has 0 heterocycles. The number of nitrogens with one attached hydrogen (secondary N) is 1. The van der Waals surface area contributed by atoms with Gasteiger partial charge in [-0.3, -0.25) is 4.79 Å². The Balaban J connectivity index is 2.35. The molecule has 1 amide bonds. The number of phenolic OH excluding ortho intramolecular Hbond substituents is 2. The lowest BCUT2D eigenvalue weighted by Crippen LogP contribution is -2.12. The molecular formula is C14H11Cl2NO3. The van der Waals surface area contributed by atoms with E-state index in [9.17, 15) is 15.0 Å². The molecule has 20 heavy (non-hydrogen) atoms. The minimum absolute atomic E-state index is 0.0289. The summed E-state index contributed by atoms with van der Waals surface area (Å²) in [6.45, 7) is 1.68. The van der Waals surface area contributed by atoms with Gasteiger partial charge in [0.05, 0.1) is 16.3 Å². The minimum atomic E-state index is -0.570. The SMILES string of the molecule is Cc1cccc(C(=O)Nc2cc(Cl)cc(Cl)c2O)c1O. The van der Waals surface area contributed by atoms with Gasteiger partial charge in [-0.25, -0.2) is 0 Å². The Labute approximate surface area is 125 Å². The summed E-state index contributed by atoms with van der Waals surface area (Å²) in [5.74, 6) is -0.964. The smallest absolute Gasteiger partial charge is 0.259 e. The van der Waals surface area contributed by atoms with Gasteiger partial charge in [-0.05, 0) is 30.7 Å². The third-order valence-electron chi connectivity index (χ3n) is 2.76. The first-order chi connectivity index (χ1) is 9.40. The molecule has 0 fully saturated rings. The van der Waals surface area contributed by atoms with Gasteiger partial charge in [0, 0.05) is 5.02 Å². The van der Waals surface area contributed by atoms with E-state index in [-0.39, 0.29) is 32.8 Å². The number of hydrogen-bond donors (Lipinski definition) is 3. The molecule has 104 valence electrons. The Kier molecular flexibility index (Phi) is 4.06. The average molecular weight is 312 g/mol. The van der Waals surface area contributed by atoms with Crippen LogP contribution in [0.5, 0.6) is 11.5 Å². The maximum atomic E-state index is 12.1. The zero-order valence-electron chi connectivity index (χ0n) is 10.4. The fourth-order valence-corrected chi connectivity index (χ4v) is 2.19. The average Bonchev–Trinajstić information content (AvgIpc) is 2.38. The van der Waals surface area contributed by atoms with E-state index in [0.29, 0.717) is 5.56 Å². The quantitative estimate of drug-likeness (QED) is 0.735. The third kappa shape index (κ3) is 2.81. The maximum Gasteiger partial charge on any atom is 0.259 e. The van der Waals surface area contributed by atoms with Crippen LogP contribution in [0.15, 0.2) is 30.3 Å². The predicted octanol–water partition coefficient (Wildman–Crippen LogP) is 3.97. The second-order valence-corrected chi connectivity index (χ2v) is 5.05. The molecule has 0 spiro atoms. The van der Waals surface area contributed by atoms with Crippen molar-refractivity contribution in [3.8, 4) is 11.5 Å². The molecule has 2 rings (SSSR count). The molecule has 2 aromatic rings. The molecule has 0 saturated carbocycles. The van der Waals surface area contributed by atoms with Crippen molar-refractivity contribution >= 4 is 34.8 Å². The van der Waals surface area contributed by atoms with Crippen LogP contribution >= 0.6 is 23.2 Å². The fourth-order valence-electron chi connectivity index (χ4n) is 1.69.